The van der Waals surface area contributed by atoms with E-state index >= 15 is 0 Å². The number of rotatable bonds is 6. The number of carboxylic acids is 1. The maximum absolute atomic E-state index is 11.8. The minimum absolute atomic E-state index is 0.0947. The van der Waals surface area contributed by atoms with Crippen LogP contribution in [0.15, 0.2) is 48.5 Å². The molecular formula is C19H19NO6. The summed E-state index contributed by atoms with van der Waals surface area (Å²) >= 11 is 0. The van der Waals surface area contributed by atoms with Gasteiger partial charge in [0.15, 0.2) is 6.10 Å². The van der Waals surface area contributed by atoms with E-state index in [-0.39, 0.29) is 12.5 Å². The smallest absolute Gasteiger partial charge is 0.407 e. The standard InChI is InChI=1S/C19H19NO6/c21-16(17(22)18(23)24)9-20-19(25)26-10-15-13-7-3-1-5-11(13)12-6-2-4-8-14(12)15/h1-8,15-17,21-22H,9-10H2,(H,20,25)(H,23,24)/t16-,17-/m0/s1. The van der Waals surface area contributed by atoms with E-state index in [1.54, 1.807) is 0 Å². The zero-order valence-electron chi connectivity index (χ0n) is 13.8. The highest BCUT2D eigenvalue weighted by atomic mass is 16.5. The number of fused-ring (bicyclic) bond motifs is 3. The number of aliphatic hydroxyl groups excluding tert-OH is 2. The van der Waals surface area contributed by atoms with E-state index in [9.17, 15) is 19.8 Å². The molecule has 26 heavy (non-hydrogen) atoms. The van der Waals surface area contributed by atoms with Crippen molar-refractivity contribution in [2.75, 3.05) is 13.2 Å². The van der Waals surface area contributed by atoms with Gasteiger partial charge in [-0.15, -0.1) is 0 Å². The lowest BCUT2D eigenvalue weighted by molar-refractivity contribution is -0.152. The summed E-state index contributed by atoms with van der Waals surface area (Å²) in [5.41, 5.74) is 4.36. The molecule has 2 atom stereocenters. The fraction of sp³-hybridized carbons (Fsp3) is 0.263. The second kappa shape index (κ2) is 7.55. The quantitative estimate of drug-likeness (QED) is 0.620. The Balaban J connectivity index is 1.61. The first-order chi connectivity index (χ1) is 12.5. The number of hydrogen-bond acceptors (Lipinski definition) is 5. The molecule has 0 saturated carbocycles. The summed E-state index contributed by atoms with van der Waals surface area (Å²) < 4.78 is 5.24. The Morgan fingerprint density at radius 2 is 1.54 bits per heavy atom. The number of hydrogen-bond donors (Lipinski definition) is 4. The first-order valence-corrected chi connectivity index (χ1v) is 8.17. The number of aliphatic carboxylic acids is 1. The summed E-state index contributed by atoms with van der Waals surface area (Å²) in [6.07, 6.45) is -4.37. The molecule has 0 fully saturated rings. The number of aliphatic hydroxyl groups is 2. The lowest BCUT2D eigenvalue weighted by Gasteiger charge is -2.17. The molecule has 0 saturated heterocycles. The highest BCUT2D eigenvalue weighted by Gasteiger charge is 2.29. The zero-order valence-corrected chi connectivity index (χ0v) is 13.8. The molecule has 0 aliphatic heterocycles. The van der Waals surface area contributed by atoms with Crippen LogP contribution in [0.5, 0.6) is 0 Å². The number of ether oxygens (including phenoxy) is 1. The molecule has 0 aromatic heterocycles. The van der Waals surface area contributed by atoms with E-state index in [4.69, 9.17) is 9.84 Å². The summed E-state index contributed by atoms with van der Waals surface area (Å²) in [6.45, 7) is -0.318. The fourth-order valence-electron chi connectivity index (χ4n) is 3.11. The van der Waals surface area contributed by atoms with Crippen molar-refractivity contribution >= 4 is 12.1 Å². The number of alkyl carbamates (subject to hydrolysis) is 1. The second-order valence-corrected chi connectivity index (χ2v) is 6.06. The van der Waals surface area contributed by atoms with Crippen molar-refractivity contribution < 1.29 is 29.6 Å². The molecule has 1 amide bonds. The Bertz CT molecular complexity index is 776. The average molecular weight is 357 g/mol. The van der Waals surface area contributed by atoms with Crippen molar-refractivity contribution in [3.8, 4) is 11.1 Å². The summed E-state index contributed by atoms with van der Waals surface area (Å²) in [6, 6.07) is 15.8. The van der Waals surface area contributed by atoms with Crippen molar-refractivity contribution in [3.05, 3.63) is 59.7 Å². The topological polar surface area (TPSA) is 116 Å². The minimum Gasteiger partial charge on any atom is -0.479 e. The molecule has 136 valence electrons. The van der Waals surface area contributed by atoms with Gasteiger partial charge in [-0.05, 0) is 22.3 Å². The third-order valence-electron chi connectivity index (χ3n) is 4.42. The first-order valence-electron chi connectivity index (χ1n) is 8.17. The maximum Gasteiger partial charge on any atom is 0.407 e. The van der Waals surface area contributed by atoms with Gasteiger partial charge < -0.3 is 25.4 Å². The van der Waals surface area contributed by atoms with Crippen molar-refractivity contribution in [1.82, 2.24) is 5.32 Å². The fourth-order valence-corrected chi connectivity index (χ4v) is 3.11. The van der Waals surface area contributed by atoms with Crippen molar-refractivity contribution in [1.29, 1.82) is 0 Å². The minimum atomic E-state index is -1.97. The molecular weight excluding hydrogens is 338 g/mol. The Labute approximate surface area is 149 Å². The van der Waals surface area contributed by atoms with Gasteiger partial charge in [0, 0.05) is 12.5 Å². The Hall–Kier alpha value is -2.90. The number of nitrogens with one attached hydrogen (secondary N) is 1. The monoisotopic (exact) mass is 357 g/mol. The lowest BCUT2D eigenvalue weighted by Crippen LogP contribution is -2.43. The highest BCUT2D eigenvalue weighted by molar-refractivity contribution is 5.79. The van der Waals surface area contributed by atoms with E-state index < -0.39 is 30.8 Å². The zero-order chi connectivity index (χ0) is 18.7. The van der Waals surface area contributed by atoms with Crippen LogP contribution in [-0.2, 0) is 9.53 Å². The summed E-state index contributed by atoms with van der Waals surface area (Å²) in [4.78, 5) is 22.4. The van der Waals surface area contributed by atoms with Crippen LogP contribution in [0.4, 0.5) is 4.79 Å². The molecule has 4 N–H and O–H groups in total. The second-order valence-electron chi connectivity index (χ2n) is 6.06. The van der Waals surface area contributed by atoms with Crippen molar-refractivity contribution in [2.24, 2.45) is 0 Å². The van der Waals surface area contributed by atoms with Crippen LogP contribution in [0.3, 0.4) is 0 Å². The first kappa shape index (κ1) is 17.9. The molecule has 1 aliphatic carbocycles. The molecule has 7 heteroatoms. The maximum atomic E-state index is 11.8. The molecule has 0 unspecified atom stereocenters. The van der Waals surface area contributed by atoms with E-state index in [0.717, 1.165) is 22.3 Å². The molecule has 0 heterocycles. The van der Waals surface area contributed by atoms with Crippen LogP contribution in [0.1, 0.15) is 17.0 Å². The van der Waals surface area contributed by atoms with Gasteiger partial charge in [0.25, 0.3) is 0 Å². The van der Waals surface area contributed by atoms with Gasteiger partial charge in [-0.25, -0.2) is 9.59 Å². The van der Waals surface area contributed by atoms with Gasteiger partial charge in [-0.2, -0.15) is 0 Å². The van der Waals surface area contributed by atoms with Gasteiger partial charge in [0.05, 0.1) is 0 Å². The van der Waals surface area contributed by atoms with Gasteiger partial charge in [-0.3, -0.25) is 0 Å². The van der Waals surface area contributed by atoms with Crippen LogP contribution in [-0.4, -0.2) is 52.7 Å². The molecule has 0 bridgehead atoms. The SMILES string of the molecule is O=C(NC[C@H](O)[C@H](O)C(=O)O)OCC1c2ccccc2-c2ccccc21. The third-order valence-corrected chi connectivity index (χ3v) is 4.42. The van der Waals surface area contributed by atoms with Gasteiger partial charge in [-0.1, -0.05) is 48.5 Å². The molecule has 7 nitrogen and oxygen atoms in total. The lowest BCUT2D eigenvalue weighted by atomic mass is 9.98. The average Bonchev–Trinajstić information content (AvgIpc) is 2.97. The van der Waals surface area contributed by atoms with Crippen LogP contribution < -0.4 is 5.32 Å². The largest absolute Gasteiger partial charge is 0.479 e. The predicted octanol–water partition coefficient (Wildman–Crippen LogP) is 1.33. The van der Waals surface area contributed by atoms with E-state index in [1.807, 2.05) is 48.5 Å². The predicted molar refractivity (Wildman–Crippen MR) is 92.7 cm³/mol. The summed E-state index contributed by atoms with van der Waals surface area (Å²) in [5, 5.41) is 29.5. The highest BCUT2D eigenvalue weighted by Crippen LogP contribution is 2.44. The van der Waals surface area contributed by atoms with Crippen LogP contribution in [0.25, 0.3) is 11.1 Å². The number of carbonyl (C=O) groups excluding carboxylic acids is 1. The summed E-state index contributed by atoms with van der Waals surface area (Å²) in [7, 11) is 0. The molecule has 0 radical (unpaired) electrons. The van der Waals surface area contributed by atoms with Crippen LogP contribution in [0.2, 0.25) is 0 Å². The third kappa shape index (κ3) is 3.54. The van der Waals surface area contributed by atoms with Crippen LogP contribution in [0, 0.1) is 0 Å². The number of benzene rings is 2. The van der Waals surface area contributed by atoms with Gasteiger partial charge in [0.1, 0.15) is 12.7 Å². The van der Waals surface area contributed by atoms with E-state index in [2.05, 4.69) is 5.32 Å². The van der Waals surface area contributed by atoms with Gasteiger partial charge in [0.2, 0.25) is 0 Å². The van der Waals surface area contributed by atoms with Gasteiger partial charge >= 0.3 is 12.1 Å². The van der Waals surface area contributed by atoms with Crippen molar-refractivity contribution in [3.63, 3.8) is 0 Å². The van der Waals surface area contributed by atoms with E-state index in [1.165, 1.54) is 0 Å². The van der Waals surface area contributed by atoms with E-state index in [0.29, 0.717) is 0 Å². The number of carboxylic acid groups (broad SMARTS) is 1. The normalized spacial score (nSPS) is 14.8. The molecule has 0 spiro atoms. The number of carbonyl (C=O) groups is 2. The Morgan fingerprint density at radius 1 is 1.00 bits per heavy atom. The molecule has 3 rings (SSSR count). The van der Waals surface area contributed by atoms with Crippen LogP contribution >= 0.6 is 0 Å². The molecule has 2 aromatic rings. The molecule has 1 aliphatic rings. The molecule has 2 aromatic carbocycles. The Morgan fingerprint density at radius 3 is 2.08 bits per heavy atom. The summed E-state index contributed by atoms with van der Waals surface area (Å²) in [5.74, 6) is -1.66. The number of amides is 1. The Kier molecular flexibility index (Phi) is 5.20. The van der Waals surface area contributed by atoms with Crippen molar-refractivity contribution in [2.45, 2.75) is 18.1 Å².